The van der Waals surface area contributed by atoms with Gasteiger partial charge in [-0.2, -0.15) is 0 Å². The van der Waals surface area contributed by atoms with E-state index >= 15 is 0 Å². The van der Waals surface area contributed by atoms with Crippen LogP contribution in [0.25, 0.3) is 0 Å². The minimum absolute atomic E-state index is 0.0105. The number of piperidine rings is 1. The Kier molecular flexibility index (Phi) is 4.41. The molecule has 0 spiro atoms. The number of hydrogen-bond donors (Lipinski definition) is 2. The predicted molar refractivity (Wildman–Crippen MR) is 64.4 cm³/mol. The number of rotatable bonds is 4. The molecule has 0 atom stereocenters. The molecule has 2 fully saturated rings. The van der Waals surface area contributed by atoms with Gasteiger partial charge in [-0.3, -0.25) is 0 Å². The van der Waals surface area contributed by atoms with Crippen molar-refractivity contribution in [2.45, 2.75) is 44.2 Å². The van der Waals surface area contributed by atoms with Gasteiger partial charge in [0.2, 0.25) is 0 Å². The molecule has 18 heavy (non-hydrogen) atoms. The van der Waals surface area contributed by atoms with Gasteiger partial charge < -0.3 is 20.1 Å². The molecule has 0 aromatic heterocycles. The Morgan fingerprint density at radius 3 is 2.39 bits per heavy atom. The Morgan fingerprint density at radius 1 is 1.22 bits per heavy atom. The van der Waals surface area contributed by atoms with Gasteiger partial charge in [0, 0.05) is 19.1 Å². The summed E-state index contributed by atoms with van der Waals surface area (Å²) in [6.45, 7) is 1.03. The number of urea groups is 1. The topological polar surface area (TPSA) is 78.9 Å². The highest BCUT2D eigenvalue weighted by Crippen LogP contribution is 2.19. The molecule has 0 radical (unpaired) electrons. The molecule has 1 saturated carbocycles. The van der Waals surface area contributed by atoms with Gasteiger partial charge in [-0.05, 0) is 32.1 Å². The van der Waals surface area contributed by atoms with Gasteiger partial charge in [-0.15, -0.1) is 0 Å². The van der Waals surface area contributed by atoms with Crippen molar-refractivity contribution in [3.05, 3.63) is 0 Å². The van der Waals surface area contributed by atoms with Crippen LogP contribution in [0.1, 0.15) is 32.1 Å². The molecule has 6 heteroatoms. The van der Waals surface area contributed by atoms with Crippen LogP contribution in [0.4, 0.5) is 4.79 Å². The zero-order valence-corrected chi connectivity index (χ0v) is 10.4. The first-order valence-corrected chi connectivity index (χ1v) is 6.54. The zero-order valence-electron chi connectivity index (χ0n) is 10.4. The van der Waals surface area contributed by atoms with E-state index in [1.54, 1.807) is 4.90 Å². The number of carboxylic acid groups (broad SMARTS) is 1. The SMILES string of the molecule is O=C(O)COC1CCN(C(=O)NC2CCC2)CC1. The lowest BCUT2D eigenvalue weighted by Crippen LogP contribution is -2.50. The molecule has 6 nitrogen and oxygen atoms in total. The first-order valence-electron chi connectivity index (χ1n) is 6.54. The van der Waals surface area contributed by atoms with Gasteiger partial charge in [-0.1, -0.05) is 0 Å². The van der Waals surface area contributed by atoms with Crippen molar-refractivity contribution in [1.82, 2.24) is 10.2 Å². The number of carbonyl (C=O) groups excluding carboxylic acids is 1. The average Bonchev–Trinajstić information content (AvgIpc) is 2.31. The lowest BCUT2D eigenvalue weighted by atomic mass is 9.93. The van der Waals surface area contributed by atoms with E-state index in [4.69, 9.17) is 9.84 Å². The van der Waals surface area contributed by atoms with Crippen LogP contribution in [-0.2, 0) is 9.53 Å². The average molecular weight is 256 g/mol. The number of amides is 2. The lowest BCUT2D eigenvalue weighted by Gasteiger charge is -2.34. The number of aliphatic carboxylic acids is 1. The first kappa shape index (κ1) is 13.1. The van der Waals surface area contributed by atoms with Crippen molar-refractivity contribution in [2.75, 3.05) is 19.7 Å². The molecule has 1 heterocycles. The van der Waals surface area contributed by atoms with Crippen molar-refractivity contribution in [1.29, 1.82) is 0 Å². The fraction of sp³-hybridized carbons (Fsp3) is 0.833. The van der Waals surface area contributed by atoms with E-state index in [0.717, 1.165) is 12.8 Å². The van der Waals surface area contributed by atoms with Gasteiger partial charge in [0.25, 0.3) is 0 Å². The number of carboxylic acids is 1. The van der Waals surface area contributed by atoms with Crippen LogP contribution in [0.15, 0.2) is 0 Å². The van der Waals surface area contributed by atoms with E-state index in [0.29, 0.717) is 32.0 Å². The van der Waals surface area contributed by atoms with E-state index < -0.39 is 5.97 Å². The van der Waals surface area contributed by atoms with Crippen LogP contribution in [0.3, 0.4) is 0 Å². The summed E-state index contributed by atoms with van der Waals surface area (Å²) in [7, 11) is 0. The van der Waals surface area contributed by atoms with Gasteiger partial charge >= 0.3 is 12.0 Å². The van der Waals surface area contributed by atoms with Crippen LogP contribution in [-0.4, -0.2) is 53.8 Å². The Morgan fingerprint density at radius 2 is 1.89 bits per heavy atom. The van der Waals surface area contributed by atoms with E-state index in [2.05, 4.69) is 5.32 Å². The molecular formula is C12H20N2O4. The molecule has 1 saturated heterocycles. The van der Waals surface area contributed by atoms with Crippen molar-refractivity contribution in [3.63, 3.8) is 0 Å². The number of nitrogens with one attached hydrogen (secondary N) is 1. The number of nitrogens with zero attached hydrogens (tertiary/aromatic N) is 1. The maximum atomic E-state index is 11.9. The lowest BCUT2D eigenvalue weighted by molar-refractivity contribution is -0.145. The highest BCUT2D eigenvalue weighted by atomic mass is 16.5. The third-order valence-corrected chi connectivity index (χ3v) is 3.60. The number of carbonyl (C=O) groups is 2. The smallest absolute Gasteiger partial charge is 0.329 e. The number of hydrogen-bond acceptors (Lipinski definition) is 3. The summed E-state index contributed by atoms with van der Waals surface area (Å²) >= 11 is 0. The predicted octanol–water partition coefficient (Wildman–Crippen LogP) is 0.814. The molecule has 2 amide bonds. The minimum atomic E-state index is -0.944. The molecule has 1 aliphatic heterocycles. The van der Waals surface area contributed by atoms with E-state index in [1.165, 1.54) is 6.42 Å². The Bertz CT molecular complexity index is 309. The Hall–Kier alpha value is -1.30. The minimum Gasteiger partial charge on any atom is -0.480 e. The Balaban J connectivity index is 1.65. The quantitative estimate of drug-likeness (QED) is 0.780. The fourth-order valence-electron chi connectivity index (χ4n) is 2.23. The van der Waals surface area contributed by atoms with Gasteiger partial charge in [0.15, 0.2) is 0 Å². The molecule has 0 bridgehead atoms. The molecule has 0 aromatic rings. The van der Waals surface area contributed by atoms with Crippen molar-refractivity contribution in [2.24, 2.45) is 0 Å². The third-order valence-electron chi connectivity index (χ3n) is 3.60. The summed E-state index contributed by atoms with van der Waals surface area (Å²) in [5, 5.41) is 11.5. The van der Waals surface area contributed by atoms with E-state index in [9.17, 15) is 9.59 Å². The maximum Gasteiger partial charge on any atom is 0.329 e. The molecule has 102 valence electrons. The highest BCUT2D eigenvalue weighted by Gasteiger charge is 2.26. The monoisotopic (exact) mass is 256 g/mol. The fourth-order valence-corrected chi connectivity index (χ4v) is 2.23. The highest BCUT2D eigenvalue weighted by molar-refractivity contribution is 5.74. The van der Waals surface area contributed by atoms with Crippen LogP contribution >= 0.6 is 0 Å². The molecular weight excluding hydrogens is 236 g/mol. The Labute approximate surface area is 106 Å². The third kappa shape index (κ3) is 3.60. The largest absolute Gasteiger partial charge is 0.480 e. The van der Waals surface area contributed by atoms with Gasteiger partial charge in [-0.25, -0.2) is 9.59 Å². The van der Waals surface area contributed by atoms with Crippen LogP contribution in [0.2, 0.25) is 0 Å². The van der Waals surface area contributed by atoms with Crippen LogP contribution < -0.4 is 5.32 Å². The summed E-state index contributed by atoms with van der Waals surface area (Å²) in [5.74, 6) is -0.944. The standard InChI is InChI=1S/C12H20N2O4/c15-11(16)8-18-10-4-6-14(7-5-10)12(17)13-9-2-1-3-9/h9-10H,1-8H2,(H,13,17)(H,15,16). The maximum absolute atomic E-state index is 11.9. The zero-order chi connectivity index (χ0) is 13.0. The van der Waals surface area contributed by atoms with E-state index in [-0.39, 0.29) is 18.7 Å². The van der Waals surface area contributed by atoms with E-state index in [1.807, 2.05) is 0 Å². The molecule has 0 unspecified atom stereocenters. The second-order valence-corrected chi connectivity index (χ2v) is 4.97. The summed E-state index contributed by atoms with van der Waals surface area (Å²) < 4.78 is 5.23. The van der Waals surface area contributed by atoms with Crippen molar-refractivity contribution in [3.8, 4) is 0 Å². The molecule has 0 aromatic carbocycles. The summed E-state index contributed by atoms with van der Waals surface area (Å²) in [6.07, 6.45) is 4.77. The van der Waals surface area contributed by atoms with Crippen LogP contribution in [0, 0.1) is 0 Å². The number of ether oxygens (including phenoxy) is 1. The van der Waals surface area contributed by atoms with Gasteiger partial charge in [0.05, 0.1) is 6.10 Å². The first-order chi connectivity index (χ1) is 8.65. The molecule has 1 aliphatic carbocycles. The van der Waals surface area contributed by atoms with Crippen LogP contribution in [0.5, 0.6) is 0 Å². The normalized spacial score (nSPS) is 21.4. The number of likely N-dealkylation sites (tertiary alicyclic amines) is 1. The summed E-state index contributed by atoms with van der Waals surface area (Å²) in [4.78, 5) is 24.0. The summed E-state index contributed by atoms with van der Waals surface area (Å²) in [6, 6.07) is 0.370. The summed E-state index contributed by atoms with van der Waals surface area (Å²) in [5.41, 5.74) is 0. The molecule has 2 rings (SSSR count). The second kappa shape index (κ2) is 6.04. The molecule has 2 N–H and O–H groups in total. The van der Waals surface area contributed by atoms with Crippen molar-refractivity contribution < 1.29 is 19.4 Å². The van der Waals surface area contributed by atoms with Crippen molar-refractivity contribution >= 4 is 12.0 Å². The van der Waals surface area contributed by atoms with Gasteiger partial charge in [0.1, 0.15) is 6.61 Å². The second-order valence-electron chi connectivity index (χ2n) is 4.97. The molecule has 2 aliphatic rings.